The van der Waals surface area contributed by atoms with Crippen molar-refractivity contribution in [2.75, 3.05) is 0 Å². The summed E-state index contributed by atoms with van der Waals surface area (Å²) >= 11 is 0. The lowest BCUT2D eigenvalue weighted by molar-refractivity contribution is 0.795. The molecule has 0 N–H and O–H groups in total. The summed E-state index contributed by atoms with van der Waals surface area (Å²) in [4.78, 5) is 9.50. The molecule has 0 atom stereocenters. The van der Waals surface area contributed by atoms with Gasteiger partial charge in [-0.1, -0.05) is 13.8 Å². The normalized spacial score (nSPS) is 11.5. The van der Waals surface area contributed by atoms with E-state index in [-0.39, 0.29) is 0 Å². The molecule has 0 radical (unpaired) electrons. The Morgan fingerprint density at radius 2 is 1.91 bits per heavy atom. The number of pyridine rings is 2. The molecule has 0 bridgehead atoms. The Hall–Kier alpha value is -2.16. The van der Waals surface area contributed by atoms with Crippen LogP contribution >= 0.6 is 0 Å². The third kappa shape index (κ3) is 2.41. The Labute approximate surface area is 132 Å². The van der Waals surface area contributed by atoms with E-state index in [1.54, 1.807) is 0 Å². The second kappa shape index (κ2) is 5.56. The molecule has 0 amide bonds. The number of hydrogen-bond acceptors (Lipinski definition) is 2. The van der Waals surface area contributed by atoms with Crippen LogP contribution in [0, 0.1) is 13.8 Å². The van der Waals surface area contributed by atoms with Gasteiger partial charge in [0.05, 0.1) is 16.7 Å². The molecule has 3 rings (SSSR count). The molecule has 0 aliphatic rings. The first kappa shape index (κ1) is 14.8. The topological polar surface area (TPSA) is 30.7 Å². The maximum atomic E-state index is 4.93. The van der Waals surface area contributed by atoms with Gasteiger partial charge in [-0.3, -0.25) is 4.98 Å². The standard InChI is InChI=1S/C19H23N3/c1-6-22-11-14(5)19-17(22)9-13(4)18(21-19)15-7-8-16(12(2)3)20-10-15/h7-12H,6H2,1-5H3. The van der Waals surface area contributed by atoms with Crippen molar-refractivity contribution < 1.29 is 0 Å². The third-order valence-corrected chi connectivity index (χ3v) is 4.22. The van der Waals surface area contributed by atoms with Gasteiger partial charge in [-0.25, -0.2) is 4.98 Å². The summed E-state index contributed by atoms with van der Waals surface area (Å²) in [6, 6.07) is 6.48. The molecule has 0 fully saturated rings. The van der Waals surface area contributed by atoms with E-state index in [1.807, 2.05) is 6.20 Å². The maximum absolute atomic E-state index is 4.93. The van der Waals surface area contributed by atoms with Crippen molar-refractivity contribution >= 4 is 11.0 Å². The summed E-state index contributed by atoms with van der Waals surface area (Å²) in [5.41, 5.74) is 7.98. The summed E-state index contributed by atoms with van der Waals surface area (Å²) in [5.74, 6) is 0.450. The second-order valence-electron chi connectivity index (χ2n) is 6.25. The quantitative estimate of drug-likeness (QED) is 0.690. The van der Waals surface area contributed by atoms with Crippen LogP contribution in [0.15, 0.2) is 30.6 Å². The molecular formula is C19H23N3. The van der Waals surface area contributed by atoms with Gasteiger partial charge in [-0.2, -0.15) is 0 Å². The fourth-order valence-corrected chi connectivity index (χ4v) is 2.91. The summed E-state index contributed by atoms with van der Waals surface area (Å²) in [6.45, 7) is 11.7. The molecule has 0 unspecified atom stereocenters. The van der Waals surface area contributed by atoms with Crippen molar-refractivity contribution in [3.05, 3.63) is 47.4 Å². The largest absolute Gasteiger partial charge is 0.346 e. The van der Waals surface area contributed by atoms with E-state index in [4.69, 9.17) is 4.98 Å². The summed E-state index contributed by atoms with van der Waals surface area (Å²) < 4.78 is 2.26. The SMILES string of the molecule is CCn1cc(C)c2nc(-c3ccc(C(C)C)nc3)c(C)cc21. The van der Waals surface area contributed by atoms with Gasteiger partial charge in [-0.15, -0.1) is 0 Å². The number of aromatic nitrogens is 3. The molecule has 114 valence electrons. The third-order valence-electron chi connectivity index (χ3n) is 4.22. The van der Waals surface area contributed by atoms with E-state index in [0.29, 0.717) is 5.92 Å². The van der Waals surface area contributed by atoms with Crippen molar-refractivity contribution in [3.8, 4) is 11.3 Å². The van der Waals surface area contributed by atoms with Crippen molar-refractivity contribution in [2.24, 2.45) is 0 Å². The van der Waals surface area contributed by atoms with Crippen molar-refractivity contribution in [1.82, 2.24) is 14.5 Å². The summed E-state index contributed by atoms with van der Waals surface area (Å²) in [5, 5.41) is 0. The van der Waals surface area contributed by atoms with Gasteiger partial charge < -0.3 is 4.57 Å². The molecule has 3 heterocycles. The predicted molar refractivity (Wildman–Crippen MR) is 92.2 cm³/mol. The average molecular weight is 293 g/mol. The van der Waals surface area contributed by atoms with Gasteiger partial charge in [-0.05, 0) is 56.0 Å². The van der Waals surface area contributed by atoms with Crippen LogP contribution in [0.3, 0.4) is 0 Å². The van der Waals surface area contributed by atoms with E-state index in [1.165, 1.54) is 16.6 Å². The number of rotatable bonds is 3. The van der Waals surface area contributed by atoms with Crippen LogP contribution < -0.4 is 0 Å². The zero-order valence-electron chi connectivity index (χ0n) is 14.0. The molecule has 0 aromatic carbocycles. The average Bonchev–Trinajstić information content (AvgIpc) is 2.82. The monoisotopic (exact) mass is 293 g/mol. The minimum atomic E-state index is 0.450. The van der Waals surface area contributed by atoms with Crippen LogP contribution in [0.25, 0.3) is 22.3 Å². The molecule has 22 heavy (non-hydrogen) atoms. The minimum Gasteiger partial charge on any atom is -0.346 e. The summed E-state index contributed by atoms with van der Waals surface area (Å²) in [7, 11) is 0. The van der Waals surface area contributed by atoms with Gasteiger partial charge in [0.15, 0.2) is 0 Å². The lowest BCUT2D eigenvalue weighted by atomic mass is 10.0. The fourth-order valence-electron chi connectivity index (χ4n) is 2.91. The molecular weight excluding hydrogens is 270 g/mol. The highest BCUT2D eigenvalue weighted by molar-refractivity contribution is 5.84. The lowest BCUT2D eigenvalue weighted by Gasteiger charge is -2.09. The molecule has 0 saturated heterocycles. The van der Waals surface area contributed by atoms with Gasteiger partial charge >= 0.3 is 0 Å². The Balaban J connectivity index is 2.14. The van der Waals surface area contributed by atoms with E-state index < -0.39 is 0 Å². The molecule has 3 aromatic rings. The zero-order chi connectivity index (χ0) is 15.9. The van der Waals surface area contributed by atoms with Crippen LogP contribution in [0.4, 0.5) is 0 Å². The number of aryl methyl sites for hydroxylation is 3. The van der Waals surface area contributed by atoms with E-state index >= 15 is 0 Å². The molecule has 0 aliphatic carbocycles. The van der Waals surface area contributed by atoms with E-state index in [9.17, 15) is 0 Å². The molecule has 3 nitrogen and oxygen atoms in total. The molecule has 0 spiro atoms. The molecule has 0 saturated carbocycles. The highest BCUT2D eigenvalue weighted by atomic mass is 15.0. The first-order chi connectivity index (χ1) is 10.5. The van der Waals surface area contributed by atoms with E-state index in [0.717, 1.165) is 29.0 Å². The minimum absolute atomic E-state index is 0.450. The number of hydrogen-bond donors (Lipinski definition) is 0. The van der Waals surface area contributed by atoms with Crippen LogP contribution in [-0.2, 0) is 6.54 Å². The van der Waals surface area contributed by atoms with Gasteiger partial charge in [0.1, 0.15) is 0 Å². The molecule has 0 aliphatic heterocycles. The fraction of sp³-hybridized carbons (Fsp3) is 0.368. The second-order valence-corrected chi connectivity index (χ2v) is 6.25. The molecule has 3 heteroatoms. The highest BCUT2D eigenvalue weighted by Gasteiger charge is 2.12. The smallest absolute Gasteiger partial charge is 0.0917 e. The highest BCUT2D eigenvalue weighted by Crippen LogP contribution is 2.28. The Bertz CT molecular complexity index is 811. The van der Waals surface area contributed by atoms with E-state index in [2.05, 4.69) is 68.6 Å². The Morgan fingerprint density at radius 1 is 1.14 bits per heavy atom. The van der Waals surface area contributed by atoms with Gasteiger partial charge in [0.2, 0.25) is 0 Å². The van der Waals surface area contributed by atoms with Crippen LogP contribution in [0.1, 0.15) is 43.5 Å². The Morgan fingerprint density at radius 3 is 2.50 bits per heavy atom. The van der Waals surface area contributed by atoms with Crippen LogP contribution in [0.2, 0.25) is 0 Å². The lowest BCUT2D eigenvalue weighted by Crippen LogP contribution is -1.96. The van der Waals surface area contributed by atoms with Crippen molar-refractivity contribution in [2.45, 2.75) is 47.1 Å². The summed E-state index contributed by atoms with van der Waals surface area (Å²) in [6.07, 6.45) is 4.13. The number of fused-ring (bicyclic) bond motifs is 1. The number of nitrogens with zero attached hydrogens (tertiary/aromatic N) is 3. The van der Waals surface area contributed by atoms with Gasteiger partial charge in [0, 0.05) is 30.2 Å². The zero-order valence-corrected chi connectivity index (χ0v) is 14.0. The van der Waals surface area contributed by atoms with Crippen molar-refractivity contribution in [1.29, 1.82) is 0 Å². The van der Waals surface area contributed by atoms with Crippen molar-refractivity contribution in [3.63, 3.8) is 0 Å². The van der Waals surface area contributed by atoms with Crippen LogP contribution in [-0.4, -0.2) is 14.5 Å². The predicted octanol–water partition coefficient (Wildman–Crippen LogP) is 4.86. The van der Waals surface area contributed by atoms with Crippen LogP contribution in [0.5, 0.6) is 0 Å². The Kier molecular flexibility index (Phi) is 3.73. The maximum Gasteiger partial charge on any atom is 0.0917 e. The van der Waals surface area contributed by atoms with Gasteiger partial charge in [0.25, 0.3) is 0 Å². The molecule has 3 aromatic heterocycles. The first-order valence-electron chi connectivity index (χ1n) is 7.94. The first-order valence-corrected chi connectivity index (χ1v) is 7.94.